The van der Waals surface area contributed by atoms with Crippen LogP contribution in [0.3, 0.4) is 0 Å². The summed E-state index contributed by atoms with van der Waals surface area (Å²) in [4.78, 5) is 49.4. The van der Waals surface area contributed by atoms with Gasteiger partial charge in [-0.25, -0.2) is 9.69 Å². The number of rotatable bonds is 4. The Kier molecular flexibility index (Phi) is 5.15. The average molecular weight is 430 g/mol. The van der Waals surface area contributed by atoms with Gasteiger partial charge >= 0.3 is 6.03 Å². The van der Waals surface area contributed by atoms with Crippen molar-refractivity contribution in [1.29, 1.82) is 0 Å². The molecule has 0 spiro atoms. The van der Waals surface area contributed by atoms with E-state index in [9.17, 15) is 24.5 Å². The minimum absolute atomic E-state index is 0.0474. The molecule has 1 N–H and O–H groups in total. The van der Waals surface area contributed by atoms with Gasteiger partial charge in [0, 0.05) is 23.5 Å². The third kappa shape index (κ3) is 3.56. The maximum absolute atomic E-state index is 13.0. The lowest BCUT2D eigenvalue weighted by molar-refractivity contribution is -0.384. The normalized spacial score (nSPS) is 15.2. The minimum atomic E-state index is -0.814. The largest absolute Gasteiger partial charge is 0.335 e. The molecule has 1 aliphatic rings. The number of hydrogen-bond acceptors (Lipinski definition) is 5. The maximum Gasteiger partial charge on any atom is 0.335 e. The molecule has 9 nitrogen and oxygen atoms in total. The van der Waals surface area contributed by atoms with E-state index in [0.717, 1.165) is 10.6 Å². The molecule has 0 aliphatic carbocycles. The van der Waals surface area contributed by atoms with E-state index in [-0.39, 0.29) is 11.3 Å². The van der Waals surface area contributed by atoms with Crippen LogP contribution in [0.4, 0.5) is 16.2 Å². The van der Waals surface area contributed by atoms with Crippen LogP contribution in [0.15, 0.2) is 66.2 Å². The molecule has 1 fully saturated rings. The number of urea groups is 1. The second kappa shape index (κ2) is 7.95. The molecular formula is C23H18N4O5. The molecule has 0 atom stereocenters. The van der Waals surface area contributed by atoms with Gasteiger partial charge < -0.3 is 4.57 Å². The van der Waals surface area contributed by atoms with E-state index in [1.165, 1.54) is 18.2 Å². The summed E-state index contributed by atoms with van der Waals surface area (Å²) in [7, 11) is 0. The fourth-order valence-electron chi connectivity index (χ4n) is 3.70. The molecule has 3 aromatic rings. The lowest BCUT2D eigenvalue weighted by Gasteiger charge is -2.26. The van der Waals surface area contributed by atoms with E-state index in [2.05, 4.69) is 5.32 Å². The first kappa shape index (κ1) is 20.7. The van der Waals surface area contributed by atoms with Crippen molar-refractivity contribution >= 4 is 35.3 Å². The standard InChI is InChI=1S/C23H18N4O5/c1-14-11-16(15(2)25(14)18-9-6-10-19(13-18)27(31)32)12-20-21(28)24-23(30)26(22(20)29)17-7-4-3-5-8-17/h3-13H,1-2H3,(H,24,28,30)/b20-12+. The second-order valence-electron chi connectivity index (χ2n) is 7.23. The number of nitrogens with one attached hydrogen (secondary N) is 1. The molecule has 1 aromatic heterocycles. The molecule has 4 amide bonds. The highest BCUT2D eigenvalue weighted by molar-refractivity contribution is 6.39. The van der Waals surface area contributed by atoms with Crippen molar-refractivity contribution in [1.82, 2.24) is 9.88 Å². The summed E-state index contributed by atoms with van der Waals surface area (Å²) < 4.78 is 1.80. The second-order valence-corrected chi connectivity index (χ2v) is 7.23. The molecular weight excluding hydrogens is 412 g/mol. The van der Waals surface area contributed by atoms with Gasteiger partial charge in [0.05, 0.1) is 16.3 Å². The Hall–Kier alpha value is -4.53. The van der Waals surface area contributed by atoms with Gasteiger partial charge in [0.1, 0.15) is 5.57 Å². The summed E-state index contributed by atoms with van der Waals surface area (Å²) in [5, 5.41) is 13.3. The highest BCUT2D eigenvalue weighted by Crippen LogP contribution is 2.27. The van der Waals surface area contributed by atoms with Crippen LogP contribution in [0.2, 0.25) is 0 Å². The van der Waals surface area contributed by atoms with E-state index in [0.29, 0.717) is 22.6 Å². The predicted molar refractivity (Wildman–Crippen MR) is 117 cm³/mol. The number of carbonyl (C=O) groups excluding carboxylic acids is 3. The predicted octanol–water partition coefficient (Wildman–Crippen LogP) is 3.67. The minimum Gasteiger partial charge on any atom is -0.318 e. The number of carbonyl (C=O) groups is 3. The SMILES string of the molecule is Cc1cc(/C=C2\C(=O)NC(=O)N(c3ccccc3)C2=O)c(C)n1-c1cccc([N+](=O)[O-])c1. The number of barbiturate groups is 1. The molecule has 2 aromatic carbocycles. The molecule has 2 heterocycles. The molecule has 0 unspecified atom stereocenters. The van der Waals surface area contributed by atoms with Crippen LogP contribution in [0.1, 0.15) is 17.0 Å². The van der Waals surface area contributed by atoms with Crippen molar-refractivity contribution in [2.75, 3.05) is 4.90 Å². The molecule has 32 heavy (non-hydrogen) atoms. The molecule has 1 saturated heterocycles. The van der Waals surface area contributed by atoms with Crippen LogP contribution in [-0.2, 0) is 9.59 Å². The van der Waals surface area contributed by atoms with Gasteiger partial charge in [0.25, 0.3) is 17.5 Å². The Morgan fingerprint density at radius 3 is 2.31 bits per heavy atom. The summed E-state index contributed by atoms with van der Waals surface area (Å²) in [6.07, 6.45) is 1.43. The zero-order valence-electron chi connectivity index (χ0n) is 17.2. The van der Waals surface area contributed by atoms with Gasteiger partial charge in [-0.05, 0) is 49.8 Å². The Bertz CT molecular complexity index is 1310. The zero-order chi connectivity index (χ0) is 23.0. The zero-order valence-corrected chi connectivity index (χ0v) is 17.2. The Morgan fingerprint density at radius 2 is 1.62 bits per heavy atom. The smallest absolute Gasteiger partial charge is 0.318 e. The quantitative estimate of drug-likeness (QED) is 0.294. The van der Waals surface area contributed by atoms with E-state index < -0.39 is 22.8 Å². The highest BCUT2D eigenvalue weighted by atomic mass is 16.6. The van der Waals surface area contributed by atoms with E-state index in [4.69, 9.17) is 0 Å². The Labute approximate surface area is 182 Å². The summed E-state index contributed by atoms with van der Waals surface area (Å²) in [5.41, 5.74) is 2.71. The lowest BCUT2D eigenvalue weighted by Crippen LogP contribution is -2.54. The molecule has 4 rings (SSSR count). The molecule has 160 valence electrons. The van der Waals surface area contributed by atoms with Crippen molar-refractivity contribution in [3.8, 4) is 5.69 Å². The number of non-ortho nitro benzene ring substituents is 1. The Balaban J connectivity index is 1.77. The van der Waals surface area contributed by atoms with Gasteiger partial charge in [0.2, 0.25) is 0 Å². The van der Waals surface area contributed by atoms with Crippen LogP contribution in [0.5, 0.6) is 0 Å². The number of nitrogens with zero attached hydrogens (tertiary/aromatic N) is 3. The van der Waals surface area contributed by atoms with Crippen LogP contribution >= 0.6 is 0 Å². The topological polar surface area (TPSA) is 115 Å². The maximum atomic E-state index is 13.0. The first-order valence-electron chi connectivity index (χ1n) is 9.68. The molecule has 9 heteroatoms. The van der Waals surface area contributed by atoms with E-state index in [1.54, 1.807) is 60.0 Å². The first-order chi connectivity index (χ1) is 15.3. The summed E-state index contributed by atoms with van der Waals surface area (Å²) >= 11 is 0. The number of benzene rings is 2. The average Bonchev–Trinajstić information content (AvgIpc) is 3.04. The fraction of sp³-hybridized carbons (Fsp3) is 0.0870. The summed E-state index contributed by atoms with van der Waals surface area (Å²) in [6.45, 7) is 3.60. The molecule has 0 bridgehead atoms. The van der Waals surface area contributed by atoms with Gasteiger partial charge in [0.15, 0.2) is 0 Å². The number of para-hydroxylation sites is 1. The van der Waals surface area contributed by atoms with Crippen molar-refractivity contribution < 1.29 is 19.3 Å². The number of anilines is 1. The number of imide groups is 2. The Morgan fingerprint density at radius 1 is 0.938 bits per heavy atom. The van der Waals surface area contributed by atoms with Gasteiger partial charge in [-0.15, -0.1) is 0 Å². The van der Waals surface area contributed by atoms with Crippen molar-refractivity contribution in [2.45, 2.75) is 13.8 Å². The van der Waals surface area contributed by atoms with Gasteiger partial charge in [-0.2, -0.15) is 0 Å². The van der Waals surface area contributed by atoms with E-state index in [1.807, 2.05) is 6.92 Å². The molecule has 0 radical (unpaired) electrons. The summed E-state index contributed by atoms with van der Waals surface area (Å²) in [6, 6.07) is 15.4. The number of nitro groups is 1. The molecule has 0 saturated carbocycles. The van der Waals surface area contributed by atoms with Crippen molar-refractivity contribution in [3.63, 3.8) is 0 Å². The third-order valence-electron chi connectivity index (χ3n) is 5.18. The van der Waals surface area contributed by atoms with Crippen LogP contribution < -0.4 is 10.2 Å². The summed E-state index contributed by atoms with van der Waals surface area (Å²) in [5.74, 6) is -1.52. The van der Waals surface area contributed by atoms with E-state index >= 15 is 0 Å². The van der Waals surface area contributed by atoms with Crippen LogP contribution in [-0.4, -0.2) is 27.3 Å². The third-order valence-corrected chi connectivity index (χ3v) is 5.18. The highest BCUT2D eigenvalue weighted by Gasteiger charge is 2.37. The number of aromatic nitrogens is 1. The lowest BCUT2D eigenvalue weighted by atomic mass is 10.1. The van der Waals surface area contributed by atoms with Gasteiger partial charge in [-0.1, -0.05) is 24.3 Å². The number of nitro benzene ring substituents is 1. The first-order valence-corrected chi connectivity index (χ1v) is 9.68. The fourth-order valence-corrected chi connectivity index (χ4v) is 3.70. The molecule has 1 aliphatic heterocycles. The van der Waals surface area contributed by atoms with Crippen molar-refractivity contribution in [2.24, 2.45) is 0 Å². The number of hydrogen-bond donors (Lipinski definition) is 1. The van der Waals surface area contributed by atoms with Crippen LogP contribution in [0.25, 0.3) is 11.8 Å². The van der Waals surface area contributed by atoms with Crippen molar-refractivity contribution in [3.05, 3.63) is 93.3 Å². The van der Waals surface area contributed by atoms with Gasteiger partial charge in [-0.3, -0.25) is 25.0 Å². The number of aryl methyl sites for hydroxylation is 1. The monoisotopic (exact) mass is 430 g/mol. The number of amides is 4. The van der Waals surface area contributed by atoms with Crippen LogP contribution in [0, 0.1) is 24.0 Å².